The first kappa shape index (κ1) is 15.5. The monoisotopic (exact) mass is 314 g/mol. The van der Waals surface area contributed by atoms with E-state index >= 15 is 0 Å². The topological polar surface area (TPSA) is 81.9 Å². The molecule has 7 nitrogen and oxygen atoms in total. The molecule has 114 valence electrons. The summed E-state index contributed by atoms with van der Waals surface area (Å²) in [6, 6.07) is 4.01. The molecular formula is C13H15ClN2O5. The molecule has 1 saturated heterocycles. The number of ether oxygens (including phenoxy) is 2. The Labute approximate surface area is 126 Å². The molecule has 1 atom stereocenters. The van der Waals surface area contributed by atoms with Crippen molar-refractivity contribution in [3.05, 3.63) is 33.3 Å². The Hall–Kier alpha value is -1.86. The predicted octanol–water partition coefficient (Wildman–Crippen LogP) is 1.87. The van der Waals surface area contributed by atoms with Crippen molar-refractivity contribution in [3.8, 4) is 5.75 Å². The van der Waals surface area contributed by atoms with Gasteiger partial charge in [0, 0.05) is 25.2 Å². The van der Waals surface area contributed by atoms with Gasteiger partial charge in [0.1, 0.15) is 10.8 Å². The van der Waals surface area contributed by atoms with Gasteiger partial charge in [-0.2, -0.15) is 0 Å². The summed E-state index contributed by atoms with van der Waals surface area (Å²) in [7, 11) is 0. The van der Waals surface area contributed by atoms with Gasteiger partial charge in [0.25, 0.3) is 11.6 Å². The van der Waals surface area contributed by atoms with Crippen LogP contribution in [0.25, 0.3) is 0 Å². The smallest absolute Gasteiger partial charge is 0.288 e. The number of rotatable bonds is 4. The first-order chi connectivity index (χ1) is 9.99. The lowest BCUT2D eigenvalue weighted by Crippen LogP contribution is -2.46. The number of carbonyl (C=O) groups is 1. The second kappa shape index (κ2) is 6.73. The van der Waals surface area contributed by atoms with E-state index in [9.17, 15) is 14.9 Å². The summed E-state index contributed by atoms with van der Waals surface area (Å²) in [5.74, 6) is 0.174. The molecule has 1 aliphatic rings. The highest BCUT2D eigenvalue weighted by Gasteiger charge is 2.24. The van der Waals surface area contributed by atoms with Crippen LogP contribution in [0.2, 0.25) is 5.02 Å². The molecule has 1 heterocycles. The zero-order chi connectivity index (χ0) is 15.4. The van der Waals surface area contributed by atoms with Crippen LogP contribution in [0, 0.1) is 10.1 Å². The second-order valence-electron chi connectivity index (χ2n) is 4.57. The molecule has 0 radical (unpaired) electrons. The van der Waals surface area contributed by atoms with Crippen LogP contribution in [0.4, 0.5) is 5.69 Å². The van der Waals surface area contributed by atoms with Crippen molar-refractivity contribution in [2.45, 2.75) is 13.0 Å². The summed E-state index contributed by atoms with van der Waals surface area (Å²) in [4.78, 5) is 23.9. The second-order valence-corrected chi connectivity index (χ2v) is 4.98. The van der Waals surface area contributed by atoms with Gasteiger partial charge in [-0.15, -0.1) is 0 Å². The minimum atomic E-state index is -0.694. The molecule has 1 fully saturated rings. The predicted molar refractivity (Wildman–Crippen MR) is 75.6 cm³/mol. The third-order valence-corrected chi connectivity index (χ3v) is 3.40. The Morgan fingerprint density at radius 3 is 2.71 bits per heavy atom. The van der Waals surface area contributed by atoms with Gasteiger partial charge in [-0.1, -0.05) is 11.6 Å². The number of amides is 1. The van der Waals surface area contributed by atoms with E-state index in [1.54, 1.807) is 11.8 Å². The molecule has 1 aromatic carbocycles. The highest BCUT2D eigenvalue weighted by molar-refractivity contribution is 6.32. The largest absolute Gasteiger partial charge is 0.481 e. The summed E-state index contributed by atoms with van der Waals surface area (Å²) in [5.41, 5.74) is -0.198. The van der Waals surface area contributed by atoms with E-state index < -0.39 is 11.0 Å². The van der Waals surface area contributed by atoms with Gasteiger partial charge in [0.15, 0.2) is 6.10 Å². The van der Waals surface area contributed by atoms with Crippen LogP contribution in [-0.2, 0) is 9.53 Å². The fraction of sp³-hybridized carbons (Fsp3) is 0.462. The van der Waals surface area contributed by atoms with Crippen molar-refractivity contribution < 1.29 is 19.2 Å². The lowest BCUT2D eigenvalue weighted by molar-refractivity contribution is -0.384. The van der Waals surface area contributed by atoms with Gasteiger partial charge in [0.05, 0.1) is 18.1 Å². The highest BCUT2D eigenvalue weighted by Crippen LogP contribution is 2.28. The maximum absolute atomic E-state index is 12.2. The van der Waals surface area contributed by atoms with E-state index in [0.717, 1.165) is 0 Å². The highest BCUT2D eigenvalue weighted by atomic mass is 35.5. The van der Waals surface area contributed by atoms with Crippen molar-refractivity contribution in [3.63, 3.8) is 0 Å². The Bertz CT molecular complexity index is 545. The fourth-order valence-corrected chi connectivity index (χ4v) is 2.24. The number of hydrogen-bond donors (Lipinski definition) is 0. The van der Waals surface area contributed by atoms with Gasteiger partial charge in [-0.25, -0.2) is 0 Å². The van der Waals surface area contributed by atoms with Crippen LogP contribution < -0.4 is 4.74 Å². The Balaban J connectivity index is 2.01. The van der Waals surface area contributed by atoms with Gasteiger partial charge >= 0.3 is 0 Å². The number of halogens is 1. The normalized spacial score (nSPS) is 16.4. The van der Waals surface area contributed by atoms with Crippen molar-refractivity contribution >= 4 is 23.2 Å². The SMILES string of the molecule is CC(Oc1ccc([N+](=O)[O-])c(Cl)c1)C(=O)N1CCOCC1. The van der Waals surface area contributed by atoms with Crippen LogP contribution in [0.3, 0.4) is 0 Å². The molecule has 0 N–H and O–H groups in total. The molecule has 2 rings (SSSR count). The zero-order valence-electron chi connectivity index (χ0n) is 11.5. The summed E-state index contributed by atoms with van der Waals surface area (Å²) >= 11 is 5.80. The molecule has 21 heavy (non-hydrogen) atoms. The molecule has 1 unspecified atom stereocenters. The minimum absolute atomic E-state index is 0.0245. The maximum atomic E-state index is 12.2. The molecule has 0 bridgehead atoms. The number of carbonyl (C=O) groups excluding carboxylic acids is 1. The fourth-order valence-electron chi connectivity index (χ4n) is 2.00. The molecule has 0 aromatic heterocycles. The minimum Gasteiger partial charge on any atom is -0.481 e. The molecule has 8 heteroatoms. The van der Waals surface area contributed by atoms with Crippen molar-refractivity contribution in [2.75, 3.05) is 26.3 Å². The quantitative estimate of drug-likeness (QED) is 0.626. The average Bonchev–Trinajstić information content (AvgIpc) is 2.47. The first-order valence-corrected chi connectivity index (χ1v) is 6.84. The average molecular weight is 315 g/mol. The van der Waals surface area contributed by atoms with E-state index in [1.165, 1.54) is 18.2 Å². The Morgan fingerprint density at radius 2 is 2.14 bits per heavy atom. The number of hydrogen-bond acceptors (Lipinski definition) is 5. The van der Waals surface area contributed by atoms with Gasteiger partial charge < -0.3 is 14.4 Å². The van der Waals surface area contributed by atoms with Crippen LogP contribution in [0.1, 0.15) is 6.92 Å². The maximum Gasteiger partial charge on any atom is 0.288 e. The number of benzene rings is 1. The first-order valence-electron chi connectivity index (χ1n) is 6.46. The van der Waals surface area contributed by atoms with Crippen LogP contribution >= 0.6 is 11.6 Å². The van der Waals surface area contributed by atoms with E-state index in [-0.39, 0.29) is 16.6 Å². The van der Waals surface area contributed by atoms with E-state index in [0.29, 0.717) is 32.1 Å². The third-order valence-electron chi connectivity index (χ3n) is 3.10. The zero-order valence-corrected chi connectivity index (χ0v) is 12.2. The van der Waals surface area contributed by atoms with Gasteiger partial charge in [0.2, 0.25) is 0 Å². The van der Waals surface area contributed by atoms with Crippen LogP contribution in [-0.4, -0.2) is 48.1 Å². The lowest BCUT2D eigenvalue weighted by atomic mass is 10.2. The van der Waals surface area contributed by atoms with E-state index in [4.69, 9.17) is 21.1 Å². The summed E-state index contributed by atoms with van der Waals surface area (Å²) < 4.78 is 10.7. The van der Waals surface area contributed by atoms with Crippen molar-refractivity contribution in [2.24, 2.45) is 0 Å². The van der Waals surface area contributed by atoms with Crippen LogP contribution in [0.5, 0.6) is 5.75 Å². The molecule has 0 saturated carbocycles. The molecule has 0 aliphatic carbocycles. The third kappa shape index (κ3) is 3.83. The Kier molecular flexibility index (Phi) is 4.98. The molecule has 1 amide bonds. The number of nitro benzene ring substituents is 1. The number of morpholine rings is 1. The number of nitrogens with zero attached hydrogens (tertiary/aromatic N) is 2. The summed E-state index contributed by atoms with van der Waals surface area (Å²) in [6.45, 7) is 3.73. The molecular weight excluding hydrogens is 300 g/mol. The molecule has 1 aliphatic heterocycles. The standard InChI is InChI=1S/C13H15ClN2O5/c1-9(13(17)15-4-6-20-7-5-15)21-10-2-3-12(16(18)19)11(14)8-10/h2-3,8-9H,4-7H2,1H3. The van der Waals surface area contributed by atoms with Gasteiger partial charge in [-0.3, -0.25) is 14.9 Å². The van der Waals surface area contributed by atoms with Gasteiger partial charge in [-0.05, 0) is 13.0 Å². The van der Waals surface area contributed by atoms with E-state index in [2.05, 4.69) is 0 Å². The lowest BCUT2D eigenvalue weighted by Gasteiger charge is -2.29. The summed E-state index contributed by atoms with van der Waals surface area (Å²) in [5, 5.41) is 10.7. The van der Waals surface area contributed by atoms with Crippen molar-refractivity contribution in [1.29, 1.82) is 0 Å². The molecule has 1 aromatic rings. The summed E-state index contributed by atoms with van der Waals surface area (Å²) in [6.07, 6.45) is -0.694. The number of nitro groups is 1. The molecule has 0 spiro atoms. The van der Waals surface area contributed by atoms with Crippen LogP contribution in [0.15, 0.2) is 18.2 Å². The van der Waals surface area contributed by atoms with E-state index in [1.807, 2.05) is 0 Å². The Morgan fingerprint density at radius 1 is 1.48 bits per heavy atom. The van der Waals surface area contributed by atoms with Crippen molar-refractivity contribution in [1.82, 2.24) is 4.90 Å².